The first-order valence-corrected chi connectivity index (χ1v) is 12.8. The number of tetrazole rings is 1. The van der Waals surface area contributed by atoms with Crippen LogP contribution in [0.4, 0.5) is 0 Å². The number of fused-ring (bicyclic) bond motifs is 5. The molecule has 0 bridgehead atoms. The van der Waals surface area contributed by atoms with Crippen molar-refractivity contribution in [1.82, 2.24) is 20.2 Å². The van der Waals surface area contributed by atoms with E-state index in [2.05, 4.69) is 22.3 Å². The zero-order chi connectivity index (χ0) is 22.7. The van der Waals surface area contributed by atoms with E-state index in [1.807, 2.05) is 21.0 Å². The first-order valence-electron chi connectivity index (χ1n) is 12.8. The fourth-order valence-electron chi connectivity index (χ4n) is 9.15. The number of methoxy groups -OCH3 is 1. The third-order valence-electron chi connectivity index (χ3n) is 10.5. The molecule has 0 aromatic carbocycles. The van der Waals surface area contributed by atoms with Crippen LogP contribution in [0.25, 0.3) is 0 Å². The van der Waals surface area contributed by atoms with Crippen LogP contribution in [0.1, 0.15) is 77.5 Å². The summed E-state index contributed by atoms with van der Waals surface area (Å²) in [6.07, 6.45) is 9.67. The number of aliphatic hydroxyl groups excluding tert-OH is 1. The highest BCUT2D eigenvalue weighted by Gasteiger charge is 2.63. The highest BCUT2D eigenvalue weighted by molar-refractivity contribution is 5.12. The van der Waals surface area contributed by atoms with E-state index in [-0.39, 0.29) is 10.8 Å². The van der Waals surface area contributed by atoms with Crippen molar-refractivity contribution < 1.29 is 14.9 Å². The third kappa shape index (κ3) is 3.54. The molecule has 7 heteroatoms. The predicted molar refractivity (Wildman–Crippen MR) is 121 cm³/mol. The van der Waals surface area contributed by atoms with E-state index in [1.165, 1.54) is 32.1 Å². The summed E-state index contributed by atoms with van der Waals surface area (Å²) in [6, 6.07) is 0. The summed E-state index contributed by atoms with van der Waals surface area (Å²) in [5, 5.41) is 34.4. The SMILES string of the molecule is COC[C@]12CC[C@@](C)(O)C[C@H]1CC[C@@H]1[C@@H]2CC[C@]2(C)C(C(O)Cn3nnc(C)n3)CC[C@@H]12. The largest absolute Gasteiger partial charge is 0.391 e. The van der Waals surface area contributed by atoms with Crippen LogP contribution in [0, 0.1) is 47.3 Å². The van der Waals surface area contributed by atoms with E-state index in [1.54, 1.807) is 4.80 Å². The van der Waals surface area contributed by atoms with Crippen LogP contribution in [0.2, 0.25) is 0 Å². The summed E-state index contributed by atoms with van der Waals surface area (Å²) < 4.78 is 5.88. The van der Waals surface area contributed by atoms with E-state index in [9.17, 15) is 10.2 Å². The van der Waals surface area contributed by atoms with E-state index >= 15 is 0 Å². The number of ether oxygens (including phenoxy) is 1. The van der Waals surface area contributed by atoms with Gasteiger partial charge in [-0.05, 0) is 117 Å². The highest BCUT2D eigenvalue weighted by Crippen LogP contribution is 2.68. The van der Waals surface area contributed by atoms with Gasteiger partial charge in [-0.1, -0.05) is 6.92 Å². The molecule has 7 nitrogen and oxygen atoms in total. The molecular weight excluding hydrogens is 404 g/mol. The monoisotopic (exact) mass is 446 g/mol. The molecule has 0 amide bonds. The molecule has 0 spiro atoms. The van der Waals surface area contributed by atoms with E-state index in [0.29, 0.717) is 42.0 Å². The van der Waals surface area contributed by atoms with Crippen LogP contribution in [0.15, 0.2) is 0 Å². The summed E-state index contributed by atoms with van der Waals surface area (Å²) in [4.78, 5) is 1.56. The fraction of sp³-hybridized carbons (Fsp3) is 0.960. The number of rotatable bonds is 5. The first-order chi connectivity index (χ1) is 15.2. The maximum absolute atomic E-state index is 11.2. The quantitative estimate of drug-likeness (QED) is 0.720. The second kappa shape index (κ2) is 8.02. The van der Waals surface area contributed by atoms with Gasteiger partial charge in [0.25, 0.3) is 0 Å². The van der Waals surface area contributed by atoms with Crippen molar-refractivity contribution in [1.29, 1.82) is 0 Å². The zero-order valence-corrected chi connectivity index (χ0v) is 20.3. The molecule has 9 atom stereocenters. The molecule has 4 aliphatic carbocycles. The number of aliphatic hydroxyl groups is 2. The van der Waals surface area contributed by atoms with Gasteiger partial charge < -0.3 is 14.9 Å². The Labute approximate surface area is 192 Å². The normalized spacial score (nSPS) is 46.9. The summed E-state index contributed by atoms with van der Waals surface area (Å²) in [5.41, 5.74) is -0.119. The molecule has 0 radical (unpaired) electrons. The molecule has 0 aliphatic heterocycles. The molecule has 4 aliphatic rings. The predicted octanol–water partition coefficient (Wildman–Crippen LogP) is 3.38. The Bertz CT molecular complexity index is 828. The van der Waals surface area contributed by atoms with Gasteiger partial charge in [-0.3, -0.25) is 0 Å². The number of hydrogen-bond donors (Lipinski definition) is 2. The van der Waals surface area contributed by atoms with Gasteiger partial charge in [0.15, 0.2) is 5.82 Å². The Morgan fingerprint density at radius 3 is 2.62 bits per heavy atom. The van der Waals surface area contributed by atoms with Crippen molar-refractivity contribution in [2.45, 2.75) is 96.8 Å². The number of hydrogen-bond acceptors (Lipinski definition) is 6. The van der Waals surface area contributed by atoms with Crippen molar-refractivity contribution in [3.8, 4) is 0 Å². The van der Waals surface area contributed by atoms with Crippen molar-refractivity contribution in [2.24, 2.45) is 40.4 Å². The lowest BCUT2D eigenvalue weighted by Crippen LogP contribution is -2.58. The molecule has 0 saturated heterocycles. The van der Waals surface area contributed by atoms with Crippen LogP contribution in [0.3, 0.4) is 0 Å². The molecule has 32 heavy (non-hydrogen) atoms. The van der Waals surface area contributed by atoms with Gasteiger partial charge in [0, 0.05) is 7.11 Å². The lowest BCUT2D eigenvalue weighted by molar-refractivity contribution is -0.177. The van der Waals surface area contributed by atoms with Crippen molar-refractivity contribution >= 4 is 0 Å². The van der Waals surface area contributed by atoms with Gasteiger partial charge in [0.05, 0.1) is 24.9 Å². The van der Waals surface area contributed by atoms with Crippen LogP contribution < -0.4 is 0 Å². The Kier molecular flexibility index (Phi) is 5.70. The summed E-state index contributed by atoms with van der Waals surface area (Å²) in [7, 11) is 1.86. The zero-order valence-electron chi connectivity index (χ0n) is 20.3. The first kappa shape index (κ1) is 22.7. The minimum atomic E-state index is -0.520. The number of aryl methyl sites for hydroxylation is 1. The summed E-state index contributed by atoms with van der Waals surface area (Å²) in [5.74, 6) is 3.59. The van der Waals surface area contributed by atoms with Gasteiger partial charge in [-0.15, -0.1) is 10.2 Å². The van der Waals surface area contributed by atoms with Crippen LogP contribution >= 0.6 is 0 Å². The minimum absolute atomic E-state index is 0.178. The molecule has 2 N–H and O–H groups in total. The summed E-state index contributed by atoms with van der Waals surface area (Å²) >= 11 is 0. The fourth-order valence-corrected chi connectivity index (χ4v) is 9.15. The van der Waals surface area contributed by atoms with Gasteiger partial charge in [-0.2, -0.15) is 4.80 Å². The summed E-state index contributed by atoms with van der Waals surface area (Å²) in [6.45, 7) is 7.59. The minimum Gasteiger partial charge on any atom is -0.391 e. The smallest absolute Gasteiger partial charge is 0.171 e. The Balaban J connectivity index is 1.37. The highest BCUT2D eigenvalue weighted by atomic mass is 16.5. The van der Waals surface area contributed by atoms with Gasteiger partial charge in [-0.25, -0.2) is 0 Å². The second-order valence-electron chi connectivity index (χ2n) is 12.2. The lowest BCUT2D eigenvalue weighted by Gasteiger charge is -2.62. The molecule has 1 heterocycles. The Morgan fingerprint density at radius 2 is 1.91 bits per heavy atom. The van der Waals surface area contributed by atoms with Crippen LogP contribution in [-0.2, 0) is 11.3 Å². The maximum Gasteiger partial charge on any atom is 0.171 e. The topological polar surface area (TPSA) is 93.3 Å². The van der Waals surface area contributed by atoms with E-state index in [0.717, 1.165) is 32.3 Å². The van der Waals surface area contributed by atoms with E-state index in [4.69, 9.17) is 4.74 Å². The van der Waals surface area contributed by atoms with Crippen LogP contribution in [0.5, 0.6) is 0 Å². The average Bonchev–Trinajstić information content (AvgIpc) is 3.30. The van der Waals surface area contributed by atoms with Gasteiger partial charge in [0.1, 0.15) is 0 Å². The third-order valence-corrected chi connectivity index (χ3v) is 10.5. The molecule has 2 unspecified atom stereocenters. The van der Waals surface area contributed by atoms with Crippen molar-refractivity contribution in [3.05, 3.63) is 5.82 Å². The molecule has 5 rings (SSSR count). The average molecular weight is 447 g/mol. The molecule has 180 valence electrons. The Morgan fingerprint density at radius 1 is 1.09 bits per heavy atom. The standard InChI is InChI=1S/C25H42N4O3/c1-16-26-28-29(27-16)14-22(30)21-8-7-19-18-6-5-17-13-23(2,31)11-12-25(17,15-32-4)20(18)9-10-24(19,21)3/h17-22,30-31H,5-15H2,1-4H3/t17-,18+,19+,20+,21?,22?,23-,24+,25-/m1/s1. The molecule has 1 aromatic rings. The number of aromatic nitrogens is 4. The molecule has 4 fully saturated rings. The second-order valence-corrected chi connectivity index (χ2v) is 12.2. The van der Waals surface area contributed by atoms with Gasteiger partial charge in [0.2, 0.25) is 0 Å². The van der Waals surface area contributed by atoms with Crippen molar-refractivity contribution in [3.63, 3.8) is 0 Å². The lowest BCUT2D eigenvalue weighted by atomic mass is 9.43. The van der Waals surface area contributed by atoms with Crippen molar-refractivity contribution in [2.75, 3.05) is 13.7 Å². The maximum atomic E-state index is 11.2. The van der Waals surface area contributed by atoms with E-state index < -0.39 is 11.7 Å². The molecule has 1 aromatic heterocycles. The number of nitrogens with zero attached hydrogens (tertiary/aromatic N) is 4. The molecule has 4 saturated carbocycles. The van der Waals surface area contributed by atoms with Crippen LogP contribution in [-0.4, -0.2) is 55.8 Å². The molecular formula is C25H42N4O3. The van der Waals surface area contributed by atoms with Gasteiger partial charge >= 0.3 is 0 Å². The Hall–Kier alpha value is -1.05.